The largest absolute Gasteiger partial charge is 0.340 e. The van der Waals surface area contributed by atoms with Crippen LogP contribution in [0.2, 0.25) is 0 Å². The molecule has 2 aromatic carbocycles. The molecule has 0 radical (unpaired) electrons. The van der Waals surface area contributed by atoms with Crippen molar-refractivity contribution in [3.05, 3.63) is 77.5 Å². The van der Waals surface area contributed by atoms with Gasteiger partial charge in [0, 0.05) is 50.2 Å². The summed E-state index contributed by atoms with van der Waals surface area (Å²) in [5.74, 6) is 1.66. The second-order valence-corrected chi connectivity index (χ2v) is 7.44. The average Bonchev–Trinajstić information content (AvgIpc) is 2.69. The molecule has 1 aromatic heterocycles. The Morgan fingerprint density at radius 2 is 1.64 bits per heavy atom. The molecule has 0 atom stereocenters. The van der Waals surface area contributed by atoms with Crippen molar-refractivity contribution in [2.75, 3.05) is 36.4 Å². The van der Waals surface area contributed by atoms with Gasteiger partial charge in [-0.3, -0.25) is 4.90 Å². The highest BCUT2D eigenvalue weighted by molar-refractivity contribution is 5.58. The van der Waals surface area contributed by atoms with E-state index in [1.807, 2.05) is 13.0 Å². The molecule has 144 valence electrons. The van der Waals surface area contributed by atoms with Crippen LogP contribution in [0.1, 0.15) is 16.8 Å². The van der Waals surface area contributed by atoms with Crippen molar-refractivity contribution in [1.29, 1.82) is 0 Å². The summed E-state index contributed by atoms with van der Waals surface area (Å²) >= 11 is 0. The van der Waals surface area contributed by atoms with Crippen molar-refractivity contribution < 1.29 is 0 Å². The molecule has 5 heteroatoms. The quantitative estimate of drug-likeness (QED) is 0.727. The molecule has 0 bridgehead atoms. The van der Waals surface area contributed by atoms with Gasteiger partial charge in [-0.2, -0.15) is 4.98 Å². The fourth-order valence-corrected chi connectivity index (χ4v) is 3.58. The van der Waals surface area contributed by atoms with Gasteiger partial charge in [-0.25, -0.2) is 4.98 Å². The minimum absolute atomic E-state index is 0.814. The molecule has 1 fully saturated rings. The van der Waals surface area contributed by atoms with Crippen molar-refractivity contribution in [1.82, 2.24) is 14.9 Å². The van der Waals surface area contributed by atoms with E-state index >= 15 is 0 Å². The Morgan fingerprint density at radius 1 is 0.857 bits per heavy atom. The molecule has 5 nitrogen and oxygen atoms in total. The zero-order valence-electron chi connectivity index (χ0n) is 16.6. The molecule has 1 saturated heterocycles. The zero-order valence-corrected chi connectivity index (χ0v) is 16.6. The Morgan fingerprint density at radius 3 is 2.39 bits per heavy atom. The van der Waals surface area contributed by atoms with E-state index in [0.29, 0.717) is 0 Å². The number of hydrogen-bond acceptors (Lipinski definition) is 5. The molecular formula is C23H27N5. The van der Waals surface area contributed by atoms with E-state index in [1.165, 1.54) is 11.1 Å². The average molecular weight is 374 g/mol. The van der Waals surface area contributed by atoms with Gasteiger partial charge in [0.15, 0.2) is 0 Å². The number of aryl methyl sites for hydroxylation is 2. The second kappa shape index (κ2) is 8.40. The Kier molecular flexibility index (Phi) is 5.53. The van der Waals surface area contributed by atoms with Crippen LogP contribution in [0, 0.1) is 13.8 Å². The predicted octanol–water partition coefficient (Wildman–Crippen LogP) is 4.16. The van der Waals surface area contributed by atoms with E-state index in [1.54, 1.807) is 0 Å². The smallest absolute Gasteiger partial charge is 0.227 e. The third-order valence-corrected chi connectivity index (χ3v) is 5.04. The summed E-state index contributed by atoms with van der Waals surface area (Å²) in [6.45, 7) is 9.05. The highest BCUT2D eigenvalue weighted by Gasteiger charge is 2.19. The second-order valence-electron chi connectivity index (χ2n) is 7.44. The van der Waals surface area contributed by atoms with Gasteiger partial charge in [-0.1, -0.05) is 42.5 Å². The lowest BCUT2D eigenvalue weighted by atomic mass is 10.2. The summed E-state index contributed by atoms with van der Waals surface area (Å²) in [4.78, 5) is 14.2. The van der Waals surface area contributed by atoms with Crippen molar-refractivity contribution in [2.24, 2.45) is 0 Å². The molecule has 0 aliphatic carbocycles. The van der Waals surface area contributed by atoms with Gasteiger partial charge in [-0.15, -0.1) is 0 Å². The minimum Gasteiger partial charge on any atom is -0.340 e. The van der Waals surface area contributed by atoms with Gasteiger partial charge in [0.05, 0.1) is 0 Å². The predicted molar refractivity (Wildman–Crippen MR) is 115 cm³/mol. The number of nitrogens with zero attached hydrogens (tertiary/aromatic N) is 4. The third kappa shape index (κ3) is 4.67. The van der Waals surface area contributed by atoms with Crippen LogP contribution in [-0.2, 0) is 6.54 Å². The van der Waals surface area contributed by atoms with Gasteiger partial charge in [-0.05, 0) is 37.1 Å². The number of aromatic nitrogens is 2. The summed E-state index contributed by atoms with van der Waals surface area (Å²) in [6, 6.07) is 21.0. The molecule has 1 aliphatic rings. The van der Waals surface area contributed by atoms with Crippen LogP contribution in [0.25, 0.3) is 0 Å². The van der Waals surface area contributed by atoms with Gasteiger partial charge >= 0.3 is 0 Å². The molecule has 0 unspecified atom stereocenters. The molecule has 2 heterocycles. The summed E-state index contributed by atoms with van der Waals surface area (Å²) < 4.78 is 0. The lowest BCUT2D eigenvalue weighted by Gasteiger charge is -2.35. The summed E-state index contributed by atoms with van der Waals surface area (Å²) in [5, 5.41) is 3.42. The molecule has 28 heavy (non-hydrogen) atoms. The van der Waals surface area contributed by atoms with E-state index in [2.05, 4.69) is 81.6 Å². The van der Waals surface area contributed by atoms with Crippen molar-refractivity contribution in [2.45, 2.75) is 20.4 Å². The van der Waals surface area contributed by atoms with Crippen LogP contribution in [-0.4, -0.2) is 41.0 Å². The number of hydrogen-bond donors (Lipinski definition) is 1. The van der Waals surface area contributed by atoms with E-state index < -0.39 is 0 Å². The molecule has 4 rings (SSSR count). The SMILES string of the molecule is Cc1cccc(Nc2cc(C)nc(N3CCN(Cc4ccccc4)CC3)n2)c1. The fourth-order valence-electron chi connectivity index (χ4n) is 3.58. The Balaban J connectivity index is 1.41. The van der Waals surface area contributed by atoms with Crippen molar-refractivity contribution >= 4 is 17.5 Å². The van der Waals surface area contributed by atoms with Crippen molar-refractivity contribution in [3.63, 3.8) is 0 Å². The van der Waals surface area contributed by atoms with Gasteiger partial charge in [0.2, 0.25) is 5.95 Å². The normalized spacial score (nSPS) is 14.9. The molecule has 0 saturated carbocycles. The van der Waals surface area contributed by atoms with Crippen LogP contribution < -0.4 is 10.2 Å². The molecule has 1 N–H and O–H groups in total. The van der Waals surface area contributed by atoms with Crippen LogP contribution in [0.3, 0.4) is 0 Å². The first kappa shape index (κ1) is 18.4. The Bertz CT molecular complexity index is 917. The number of nitrogens with one attached hydrogen (secondary N) is 1. The monoisotopic (exact) mass is 373 g/mol. The molecule has 0 spiro atoms. The van der Waals surface area contributed by atoms with Crippen LogP contribution in [0.4, 0.5) is 17.5 Å². The zero-order chi connectivity index (χ0) is 19.3. The summed E-state index contributed by atoms with van der Waals surface area (Å²) in [6.07, 6.45) is 0. The van der Waals surface area contributed by atoms with E-state index in [4.69, 9.17) is 4.98 Å². The molecular weight excluding hydrogens is 346 g/mol. The maximum absolute atomic E-state index is 4.78. The molecule has 0 amide bonds. The van der Waals surface area contributed by atoms with E-state index in [0.717, 1.165) is 55.9 Å². The molecule has 1 aliphatic heterocycles. The Hall–Kier alpha value is -2.92. The lowest BCUT2D eigenvalue weighted by Crippen LogP contribution is -2.46. The standard InChI is InChI=1S/C23H27N5/c1-18-7-6-10-21(15-18)25-22-16-19(2)24-23(26-22)28-13-11-27(12-14-28)17-20-8-4-3-5-9-20/h3-10,15-16H,11-14,17H2,1-2H3,(H,24,25,26). The van der Waals surface area contributed by atoms with Crippen LogP contribution >= 0.6 is 0 Å². The van der Waals surface area contributed by atoms with Gasteiger partial charge in [0.25, 0.3) is 0 Å². The maximum atomic E-state index is 4.78. The fraction of sp³-hybridized carbons (Fsp3) is 0.304. The first-order valence-corrected chi connectivity index (χ1v) is 9.86. The minimum atomic E-state index is 0.814. The third-order valence-electron chi connectivity index (χ3n) is 5.04. The van der Waals surface area contributed by atoms with E-state index in [-0.39, 0.29) is 0 Å². The van der Waals surface area contributed by atoms with Crippen LogP contribution in [0.15, 0.2) is 60.7 Å². The van der Waals surface area contributed by atoms with Gasteiger partial charge in [0.1, 0.15) is 5.82 Å². The highest BCUT2D eigenvalue weighted by atomic mass is 15.3. The number of piperazine rings is 1. The summed E-state index contributed by atoms with van der Waals surface area (Å²) in [5.41, 5.74) is 4.63. The van der Waals surface area contributed by atoms with Gasteiger partial charge < -0.3 is 10.2 Å². The van der Waals surface area contributed by atoms with Crippen LogP contribution in [0.5, 0.6) is 0 Å². The Labute approximate surface area is 167 Å². The lowest BCUT2D eigenvalue weighted by molar-refractivity contribution is 0.248. The number of benzene rings is 2. The molecule has 3 aromatic rings. The number of anilines is 3. The highest BCUT2D eigenvalue weighted by Crippen LogP contribution is 2.20. The van der Waals surface area contributed by atoms with Crippen molar-refractivity contribution in [3.8, 4) is 0 Å². The maximum Gasteiger partial charge on any atom is 0.227 e. The topological polar surface area (TPSA) is 44.3 Å². The number of rotatable bonds is 5. The summed E-state index contributed by atoms with van der Waals surface area (Å²) in [7, 11) is 0. The van der Waals surface area contributed by atoms with E-state index in [9.17, 15) is 0 Å². The first-order valence-electron chi connectivity index (χ1n) is 9.86. The first-order chi connectivity index (χ1) is 13.7.